The first-order valence-electron chi connectivity index (χ1n) is 12.7. The van der Waals surface area contributed by atoms with Gasteiger partial charge in [0.2, 0.25) is 22.6 Å². The molecule has 2 heterocycles. The largest absolute Gasteiger partial charge is 1.00 e. The van der Waals surface area contributed by atoms with E-state index in [-0.39, 0.29) is 101 Å². The van der Waals surface area contributed by atoms with Crippen LogP contribution in [0.3, 0.4) is 0 Å². The molecule has 18 heteroatoms. The molecule has 0 aliphatic carbocycles. The summed E-state index contributed by atoms with van der Waals surface area (Å²) < 4.78 is 58.8. The Bertz CT molecular complexity index is 1280. The predicted molar refractivity (Wildman–Crippen MR) is 138 cm³/mol. The number of aliphatic hydroxyl groups excluding tert-OH is 2. The van der Waals surface area contributed by atoms with Crippen LogP contribution in [0.1, 0.15) is 44.6 Å². The molecule has 4 atom stereocenters. The molecule has 1 amide bonds. The van der Waals surface area contributed by atoms with Crippen molar-refractivity contribution in [1.82, 2.24) is 5.32 Å². The van der Waals surface area contributed by atoms with E-state index in [0.29, 0.717) is 43.6 Å². The topological polar surface area (TPSA) is 224 Å². The van der Waals surface area contributed by atoms with E-state index in [1.54, 1.807) is 19.1 Å². The Morgan fingerprint density at radius 2 is 1.86 bits per heavy atom. The van der Waals surface area contributed by atoms with Crippen molar-refractivity contribution >= 4 is 34.0 Å². The Hall–Kier alpha value is -1.63. The molecule has 4 unspecified atom stereocenters. The summed E-state index contributed by atoms with van der Waals surface area (Å²) in [6.45, 7) is 7.17. The van der Waals surface area contributed by atoms with Crippen molar-refractivity contribution < 1.29 is 125 Å². The minimum absolute atomic E-state index is 0. The minimum atomic E-state index is -5.26. The zero-order chi connectivity index (χ0) is 31.3. The third kappa shape index (κ3) is 14.6. The summed E-state index contributed by atoms with van der Waals surface area (Å²) in [6, 6.07) is 4.51. The molecule has 1 saturated heterocycles. The molecule has 0 saturated carbocycles. The number of carbonyl (C=O) groups excluding carboxylic acids is 4. The predicted octanol–water partition coefficient (Wildman–Crippen LogP) is -5.51. The molecule has 1 fully saturated rings. The third-order valence-electron chi connectivity index (χ3n) is 5.70. The molecule has 232 valence electrons. The van der Waals surface area contributed by atoms with Gasteiger partial charge in [-0.2, -0.15) is 16.2 Å². The molecule has 0 radical (unpaired) electrons. The molecule has 15 nitrogen and oxygen atoms in total. The molecular formula is C26H31NNa2O14S. The summed E-state index contributed by atoms with van der Waals surface area (Å²) in [5.41, 5.74) is 1.22. The monoisotopic (exact) mass is 659 g/mol. The second kappa shape index (κ2) is 21.2. The summed E-state index contributed by atoms with van der Waals surface area (Å²) in [5, 5.41) is 22.6. The first-order valence-corrected chi connectivity index (χ1v) is 14.0. The molecule has 3 N–H and O–H groups in total. The van der Waals surface area contributed by atoms with E-state index in [1.807, 2.05) is 0 Å². The number of benzene rings is 1. The minimum Gasteiger partial charge on any atom is -0.726 e. The van der Waals surface area contributed by atoms with Crippen molar-refractivity contribution in [2.45, 2.75) is 63.6 Å². The van der Waals surface area contributed by atoms with Crippen molar-refractivity contribution in [1.29, 1.82) is 0 Å². The average Bonchev–Trinajstić information content (AvgIpc) is 2.90. The molecule has 0 aromatic heterocycles. The van der Waals surface area contributed by atoms with Crippen LogP contribution in [0.25, 0.3) is 5.57 Å². The number of rotatable bonds is 13. The van der Waals surface area contributed by atoms with E-state index >= 15 is 0 Å². The number of fused-ring (bicyclic) bond motifs is 1. The first kappa shape index (κ1) is 42.4. The number of carbonyl (C=O) groups is 2. The van der Waals surface area contributed by atoms with Gasteiger partial charge in [0.15, 0.2) is 6.10 Å². The van der Waals surface area contributed by atoms with Crippen LogP contribution in [0.4, 0.5) is 0 Å². The van der Waals surface area contributed by atoms with E-state index < -0.39 is 35.0 Å². The molecule has 1 aromatic carbocycles. The van der Waals surface area contributed by atoms with Crippen molar-refractivity contribution in [3.63, 3.8) is 0 Å². The maximum Gasteiger partial charge on any atom is 1.00 e. The number of nitrogens with one attached hydrogen (secondary N) is 1. The van der Waals surface area contributed by atoms with E-state index in [4.69, 9.17) is 28.5 Å². The van der Waals surface area contributed by atoms with Crippen LogP contribution in [0, 0.1) is 6.61 Å². The number of ether oxygens (including phenoxy) is 4. The van der Waals surface area contributed by atoms with Gasteiger partial charge in [-0.05, 0) is 49.7 Å². The summed E-state index contributed by atoms with van der Waals surface area (Å²) in [7, 11) is -5.26. The van der Waals surface area contributed by atoms with Crippen LogP contribution < -0.4 is 73.9 Å². The molecule has 2 aliphatic heterocycles. The number of amides is 1. The van der Waals surface area contributed by atoms with Gasteiger partial charge < -0.3 is 39.0 Å². The molecular weight excluding hydrogens is 628 g/mol. The summed E-state index contributed by atoms with van der Waals surface area (Å²) in [4.78, 5) is 40.1. The molecule has 1 aromatic rings. The SMILES string of the molecule is C=C1C=C(CC(=O)NCCCCCC(=O)OCC)c2ccc(OC3O[CH-]C(O)C(O)C3OS(=O)(=O)[O-])cc2O1.O=C=O.[Na+].[Na+]. The number of unbranched alkanes of at least 4 members (excludes halogenated alkanes) is 2. The standard InChI is InChI=1S/C25H32NO12S.CO2.2Na/c1-3-34-22(29)7-5-4-6-10-26-21(28)12-16-11-15(2)36-20-13-17(8-9-18(16)20)37-25-24(38-39(31,32)33)23(30)19(27)14-35-25;2-1-3;;/h8-9,11,13-14,19,23-25,27,30H,2-7,10,12H2,1H3,(H,26,28)(H,31,32,33);;;/q-1;;2*+1/p-1. The third-order valence-corrected chi connectivity index (χ3v) is 6.16. The van der Waals surface area contributed by atoms with Crippen LogP contribution in [0.5, 0.6) is 11.5 Å². The summed E-state index contributed by atoms with van der Waals surface area (Å²) >= 11 is 0. The second-order valence-electron chi connectivity index (χ2n) is 8.83. The van der Waals surface area contributed by atoms with Gasteiger partial charge in [0.05, 0.1) is 19.1 Å². The van der Waals surface area contributed by atoms with Gasteiger partial charge >= 0.3 is 71.2 Å². The van der Waals surface area contributed by atoms with Gasteiger partial charge in [-0.3, -0.25) is 13.8 Å². The van der Waals surface area contributed by atoms with Crippen molar-refractivity contribution in [2.24, 2.45) is 0 Å². The van der Waals surface area contributed by atoms with Gasteiger partial charge in [-0.1, -0.05) is 13.0 Å². The fraction of sp³-hybridized carbons (Fsp3) is 0.462. The van der Waals surface area contributed by atoms with E-state index in [9.17, 15) is 32.8 Å². The molecule has 2 aliphatic rings. The Kier molecular flexibility index (Phi) is 20.4. The number of allylic oxidation sites excluding steroid dienone is 1. The first-order chi connectivity index (χ1) is 19.9. The Labute approximate surface area is 298 Å². The Morgan fingerprint density at radius 1 is 1.18 bits per heavy atom. The normalized spacial score (nSPS) is 20.4. The zero-order valence-corrected chi connectivity index (χ0v) is 29.4. The average molecular weight is 660 g/mol. The van der Waals surface area contributed by atoms with Gasteiger partial charge in [-0.15, -0.1) is 0 Å². The smallest absolute Gasteiger partial charge is 0.726 e. The van der Waals surface area contributed by atoms with Gasteiger partial charge in [-0.25, -0.2) is 8.42 Å². The summed E-state index contributed by atoms with van der Waals surface area (Å²) in [6.07, 6.45) is -2.44. The van der Waals surface area contributed by atoms with Gasteiger partial charge in [0.25, 0.3) is 0 Å². The van der Waals surface area contributed by atoms with Crippen molar-refractivity contribution in [3.05, 3.63) is 48.8 Å². The van der Waals surface area contributed by atoms with Crippen LogP contribution in [0.15, 0.2) is 36.6 Å². The zero-order valence-electron chi connectivity index (χ0n) is 24.6. The number of aliphatic hydroxyl groups is 2. The second-order valence-corrected chi connectivity index (χ2v) is 9.84. The van der Waals surface area contributed by atoms with E-state index in [0.717, 1.165) is 13.0 Å². The fourth-order valence-corrected chi connectivity index (χ4v) is 4.40. The van der Waals surface area contributed by atoms with Gasteiger partial charge in [0, 0.05) is 24.6 Å². The number of hydrogen-bond donors (Lipinski definition) is 3. The maximum atomic E-state index is 12.5. The van der Waals surface area contributed by atoms with Crippen LogP contribution >= 0.6 is 0 Å². The quantitative estimate of drug-likeness (QED) is 0.0449. The van der Waals surface area contributed by atoms with Crippen LogP contribution in [-0.2, 0) is 43.2 Å². The molecule has 0 bridgehead atoms. The Balaban J connectivity index is 0.00000355. The van der Waals surface area contributed by atoms with E-state index in [1.165, 1.54) is 12.1 Å². The number of hydrogen-bond acceptors (Lipinski definition) is 14. The van der Waals surface area contributed by atoms with Gasteiger partial charge in [0.1, 0.15) is 17.3 Å². The van der Waals surface area contributed by atoms with E-state index in [2.05, 4.69) is 16.1 Å². The maximum absolute atomic E-state index is 12.5. The fourth-order valence-electron chi connectivity index (χ4n) is 3.92. The Morgan fingerprint density at radius 3 is 2.50 bits per heavy atom. The number of esters is 1. The van der Waals surface area contributed by atoms with Crippen LogP contribution in [-0.4, -0.2) is 79.0 Å². The van der Waals surface area contributed by atoms with Crippen LogP contribution in [0.2, 0.25) is 0 Å². The molecule has 0 spiro atoms. The summed E-state index contributed by atoms with van der Waals surface area (Å²) in [5.74, 6) is 0.195. The van der Waals surface area contributed by atoms with Crippen molar-refractivity contribution in [3.8, 4) is 11.5 Å². The molecule has 44 heavy (non-hydrogen) atoms. The molecule has 3 rings (SSSR count). The van der Waals surface area contributed by atoms with Crippen molar-refractivity contribution in [2.75, 3.05) is 13.2 Å².